The highest BCUT2D eigenvalue weighted by Gasteiger charge is 2.19. The largest absolute Gasteiger partial charge is 0.348 e. The van der Waals surface area contributed by atoms with Crippen LogP contribution in [0.5, 0.6) is 0 Å². The molecule has 0 aliphatic carbocycles. The molecule has 1 aromatic rings. The number of nitrogens with one attached hydrogen (secondary N) is 2. The highest BCUT2D eigenvalue weighted by molar-refractivity contribution is 4.86. The molecule has 4 nitrogen and oxygen atoms in total. The first-order chi connectivity index (χ1) is 7.90. The Labute approximate surface area is 97.4 Å². The van der Waals surface area contributed by atoms with Crippen molar-refractivity contribution in [2.75, 3.05) is 19.6 Å². The van der Waals surface area contributed by atoms with E-state index in [0.717, 1.165) is 18.9 Å². The van der Waals surface area contributed by atoms with Crippen molar-refractivity contribution in [3.8, 4) is 0 Å². The van der Waals surface area contributed by atoms with Crippen LogP contribution in [-0.2, 0) is 6.54 Å². The molecule has 1 aliphatic rings. The Morgan fingerprint density at radius 3 is 2.94 bits per heavy atom. The lowest BCUT2D eigenvalue weighted by atomic mass is 10.2. The molecule has 1 aromatic heterocycles. The first kappa shape index (κ1) is 11.6. The van der Waals surface area contributed by atoms with E-state index in [1.54, 1.807) is 6.20 Å². The molecule has 0 spiro atoms. The zero-order valence-electron chi connectivity index (χ0n) is 10.1. The second-order valence-corrected chi connectivity index (χ2v) is 4.47. The zero-order chi connectivity index (χ0) is 11.2. The summed E-state index contributed by atoms with van der Waals surface area (Å²) in [5.41, 5.74) is 0. The molecule has 1 unspecified atom stereocenters. The minimum atomic E-state index is 0.692. The van der Waals surface area contributed by atoms with E-state index in [1.165, 1.54) is 32.4 Å². The fraction of sp³-hybridized carbons (Fsp3) is 0.750. The Morgan fingerprint density at radius 1 is 1.50 bits per heavy atom. The van der Waals surface area contributed by atoms with Crippen LogP contribution in [-0.4, -0.2) is 40.5 Å². The van der Waals surface area contributed by atoms with Gasteiger partial charge in [0.2, 0.25) is 0 Å². The molecule has 1 aliphatic heterocycles. The summed E-state index contributed by atoms with van der Waals surface area (Å²) in [6.45, 7) is 6.74. The SMILES string of the molecule is CCC(CNCc1ncc[nH]1)N1CCCC1. The van der Waals surface area contributed by atoms with Gasteiger partial charge in [-0.15, -0.1) is 0 Å². The van der Waals surface area contributed by atoms with E-state index < -0.39 is 0 Å². The highest BCUT2D eigenvalue weighted by Crippen LogP contribution is 2.13. The number of nitrogens with zero attached hydrogens (tertiary/aromatic N) is 2. The molecule has 2 rings (SSSR count). The van der Waals surface area contributed by atoms with Crippen molar-refractivity contribution in [1.29, 1.82) is 0 Å². The molecule has 0 saturated carbocycles. The maximum atomic E-state index is 4.20. The maximum absolute atomic E-state index is 4.20. The van der Waals surface area contributed by atoms with Crippen molar-refractivity contribution in [2.45, 2.75) is 38.8 Å². The molecule has 2 N–H and O–H groups in total. The summed E-state index contributed by atoms with van der Waals surface area (Å²) in [5.74, 6) is 1.02. The van der Waals surface area contributed by atoms with Crippen molar-refractivity contribution in [2.24, 2.45) is 0 Å². The van der Waals surface area contributed by atoms with Gasteiger partial charge < -0.3 is 10.3 Å². The summed E-state index contributed by atoms with van der Waals surface area (Å²) in [7, 11) is 0. The van der Waals surface area contributed by atoms with Gasteiger partial charge in [0.25, 0.3) is 0 Å². The standard InChI is InChI=1S/C12H22N4/c1-2-11(16-7-3-4-8-16)9-13-10-12-14-5-6-15-12/h5-6,11,13H,2-4,7-10H2,1H3,(H,14,15). The molecule has 0 bridgehead atoms. The van der Waals surface area contributed by atoms with Crippen LogP contribution in [0.1, 0.15) is 32.0 Å². The Morgan fingerprint density at radius 2 is 2.31 bits per heavy atom. The van der Waals surface area contributed by atoms with E-state index in [9.17, 15) is 0 Å². The minimum Gasteiger partial charge on any atom is -0.348 e. The van der Waals surface area contributed by atoms with Crippen LogP contribution in [0.15, 0.2) is 12.4 Å². The van der Waals surface area contributed by atoms with Gasteiger partial charge in [0.05, 0.1) is 6.54 Å². The average molecular weight is 222 g/mol. The van der Waals surface area contributed by atoms with E-state index in [1.807, 2.05) is 6.20 Å². The second kappa shape index (κ2) is 6.01. The van der Waals surface area contributed by atoms with Crippen LogP contribution in [0.3, 0.4) is 0 Å². The van der Waals surface area contributed by atoms with Crippen LogP contribution in [0.2, 0.25) is 0 Å². The Kier molecular flexibility index (Phi) is 4.36. The van der Waals surface area contributed by atoms with Gasteiger partial charge in [-0.25, -0.2) is 4.98 Å². The third-order valence-corrected chi connectivity index (χ3v) is 3.36. The van der Waals surface area contributed by atoms with Crippen molar-refractivity contribution in [3.63, 3.8) is 0 Å². The Bertz CT molecular complexity index is 277. The molecule has 0 radical (unpaired) electrons. The Hall–Kier alpha value is -0.870. The summed E-state index contributed by atoms with van der Waals surface area (Å²) in [4.78, 5) is 9.92. The van der Waals surface area contributed by atoms with E-state index in [-0.39, 0.29) is 0 Å². The van der Waals surface area contributed by atoms with Crippen LogP contribution < -0.4 is 5.32 Å². The fourth-order valence-electron chi connectivity index (χ4n) is 2.39. The number of H-pyrrole nitrogens is 1. The second-order valence-electron chi connectivity index (χ2n) is 4.47. The summed E-state index contributed by atoms with van der Waals surface area (Å²) in [6.07, 6.45) is 7.64. The lowest BCUT2D eigenvalue weighted by Gasteiger charge is -2.26. The average Bonchev–Trinajstić information content (AvgIpc) is 2.96. The van der Waals surface area contributed by atoms with Crippen molar-refractivity contribution < 1.29 is 0 Å². The molecular weight excluding hydrogens is 200 g/mol. The van der Waals surface area contributed by atoms with Crippen molar-refractivity contribution in [3.05, 3.63) is 18.2 Å². The van der Waals surface area contributed by atoms with Crippen LogP contribution >= 0.6 is 0 Å². The van der Waals surface area contributed by atoms with E-state index in [0.29, 0.717) is 6.04 Å². The molecule has 1 atom stereocenters. The topological polar surface area (TPSA) is 44.0 Å². The van der Waals surface area contributed by atoms with Gasteiger partial charge >= 0.3 is 0 Å². The first-order valence-corrected chi connectivity index (χ1v) is 6.33. The number of rotatable bonds is 6. The predicted octanol–water partition coefficient (Wildman–Crippen LogP) is 1.37. The quantitative estimate of drug-likeness (QED) is 0.764. The number of hydrogen-bond acceptors (Lipinski definition) is 3. The Balaban J connectivity index is 1.70. The van der Waals surface area contributed by atoms with Crippen LogP contribution in [0.25, 0.3) is 0 Å². The van der Waals surface area contributed by atoms with Crippen LogP contribution in [0, 0.1) is 0 Å². The molecule has 0 aromatic carbocycles. The number of imidazole rings is 1. The van der Waals surface area contributed by atoms with Gasteiger partial charge in [-0.2, -0.15) is 0 Å². The lowest BCUT2D eigenvalue weighted by Crippen LogP contribution is -2.40. The molecular formula is C12H22N4. The number of likely N-dealkylation sites (tertiary alicyclic amines) is 1. The molecule has 0 amide bonds. The molecule has 1 fully saturated rings. The molecule has 16 heavy (non-hydrogen) atoms. The molecule has 90 valence electrons. The molecule has 1 saturated heterocycles. The molecule has 4 heteroatoms. The molecule has 2 heterocycles. The van der Waals surface area contributed by atoms with Gasteiger partial charge in [0.15, 0.2) is 0 Å². The summed E-state index contributed by atoms with van der Waals surface area (Å²) >= 11 is 0. The van der Waals surface area contributed by atoms with E-state index >= 15 is 0 Å². The highest BCUT2D eigenvalue weighted by atomic mass is 15.2. The summed E-state index contributed by atoms with van der Waals surface area (Å²) < 4.78 is 0. The maximum Gasteiger partial charge on any atom is 0.120 e. The monoisotopic (exact) mass is 222 g/mol. The number of aromatic nitrogens is 2. The van der Waals surface area contributed by atoms with E-state index in [4.69, 9.17) is 0 Å². The van der Waals surface area contributed by atoms with E-state index in [2.05, 4.69) is 27.1 Å². The fourth-order valence-corrected chi connectivity index (χ4v) is 2.39. The van der Waals surface area contributed by atoms with Crippen LogP contribution in [0.4, 0.5) is 0 Å². The third kappa shape index (κ3) is 3.06. The number of hydrogen-bond donors (Lipinski definition) is 2. The smallest absolute Gasteiger partial charge is 0.120 e. The van der Waals surface area contributed by atoms with Gasteiger partial charge in [0, 0.05) is 25.0 Å². The summed E-state index contributed by atoms with van der Waals surface area (Å²) in [6, 6.07) is 0.692. The van der Waals surface area contributed by atoms with Gasteiger partial charge in [-0.3, -0.25) is 4.90 Å². The third-order valence-electron chi connectivity index (χ3n) is 3.36. The minimum absolute atomic E-state index is 0.692. The normalized spacial score (nSPS) is 19.1. The lowest BCUT2D eigenvalue weighted by molar-refractivity contribution is 0.229. The van der Waals surface area contributed by atoms with Gasteiger partial charge in [0.1, 0.15) is 5.82 Å². The van der Waals surface area contributed by atoms with Crippen molar-refractivity contribution in [1.82, 2.24) is 20.2 Å². The summed E-state index contributed by atoms with van der Waals surface area (Å²) in [5, 5.41) is 3.48. The van der Waals surface area contributed by atoms with Crippen molar-refractivity contribution >= 4 is 0 Å². The predicted molar refractivity (Wildman–Crippen MR) is 65.2 cm³/mol. The number of aromatic amines is 1. The van der Waals surface area contributed by atoms with Gasteiger partial charge in [-0.1, -0.05) is 6.92 Å². The zero-order valence-corrected chi connectivity index (χ0v) is 10.1. The van der Waals surface area contributed by atoms with Gasteiger partial charge in [-0.05, 0) is 32.4 Å². The first-order valence-electron chi connectivity index (χ1n) is 6.33.